The number of fused-ring (bicyclic) bond motifs is 1. The minimum Gasteiger partial charge on any atom is -0.351 e. The van der Waals surface area contributed by atoms with E-state index in [9.17, 15) is 4.79 Å². The minimum absolute atomic E-state index is 0.0992. The lowest BCUT2D eigenvalue weighted by Crippen LogP contribution is -2.27. The first-order valence-electron chi connectivity index (χ1n) is 12.4. The van der Waals surface area contributed by atoms with E-state index in [2.05, 4.69) is 60.7 Å². The van der Waals surface area contributed by atoms with Crippen LogP contribution < -0.4 is 5.32 Å². The van der Waals surface area contributed by atoms with Crippen molar-refractivity contribution in [2.75, 3.05) is 6.54 Å². The summed E-state index contributed by atoms with van der Waals surface area (Å²) < 4.78 is 1.92. The van der Waals surface area contributed by atoms with Gasteiger partial charge in [0, 0.05) is 17.5 Å². The van der Waals surface area contributed by atoms with Gasteiger partial charge in [-0.05, 0) is 54.7 Å². The predicted molar refractivity (Wildman–Crippen MR) is 146 cm³/mol. The molecular weight excluding hydrogens is 444 g/mol. The molecule has 5 nitrogen and oxygen atoms in total. The largest absolute Gasteiger partial charge is 0.351 e. The summed E-state index contributed by atoms with van der Waals surface area (Å²) in [5.74, 6) is 0.111. The Morgan fingerprint density at radius 1 is 0.972 bits per heavy atom. The second-order valence-corrected chi connectivity index (χ2v) is 9.17. The van der Waals surface area contributed by atoms with E-state index in [1.807, 2.05) is 66.3 Å². The van der Waals surface area contributed by atoms with Crippen molar-refractivity contribution >= 4 is 16.8 Å². The summed E-state index contributed by atoms with van der Waals surface area (Å²) in [6.45, 7) is 6.86. The van der Waals surface area contributed by atoms with Crippen LogP contribution in [0, 0.1) is 6.92 Å². The molecule has 5 aromatic rings. The van der Waals surface area contributed by atoms with Crippen LogP contribution in [0.25, 0.3) is 27.8 Å². The Balaban J connectivity index is 1.47. The van der Waals surface area contributed by atoms with Crippen LogP contribution in [0.4, 0.5) is 0 Å². The van der Waals surface area contributed by atoms with Crippen LogP contribution in [0.15, 0.2) is 91.1 Å². The highest BCUT2D eigenvalue weighted by Crippen LogP contribution is 2.28. The number of benzene rings is 3. The smallest absolute Gasteiger partial charge is 0.252 e. The fourth-order valence-electron chi connectivity index (χ4n) is 4.54. The van der Waals surface area contributed by atoms with E-state index in [4.69, 9.17) is 4.98 Å². The van der Waals surface area contributed by atoms with Gasteiger partial charge in [-0.2, -0.15) is 5.10 Å². The fourth-order valence-corrected chi connectivity index (χ4v) is 4.54. The summed E-state index contributed by atoms with van der Waals surface area (Å²) in [5, 5.41) is 8.62. The number of aromatic nitrogens is 3. The third-order valence-electron chi connectivity index (χ3n) is 6.77. The third-order valence-corrected chi connectivity index (χ3v) is 6.77. The maximum Gasteiger partial charge on any atom is 0.252 e. The number of carbonyl (C=O) groups is 1. The number of rotatable bonds is 7. The lowest BCUT2D eigenvalue weighted by Gasteiger charge is -2.14. The highest BCUT2D eigenvalue weighted by atomic mass is 16.1. The molecule has 0 fully saturated rings. The first kappa shape index (κ1) is 23.5. The van der Waals surface area contributed by atoms with Crippen LogP contribution in [0.5, 0.6) is 0 Å². The van der Waals surface area contributed by atoms with Crippen LogP contribution in [0.3, 0.4) is 0 Å². The zero-order chi connectivity index (χ0) is 25.1. The van der Waals surface area contributed by atoms with Gasteiger partial charge in [0.25, 0.3) is 5.91 Å². The average molecular weight is 475 g/mol. The maximum absolute atomic E-state index is 13.4. The van der Waals surface area contributed by atoms with E-state index >= 15 is 0 Å². The van der Waals surface area contributed by atoms with Crippen molar-refractivity contribution in [1.82, 2.24) is 20.1 Å². The summed E-state index contributed by atoms with van der Waals surface area (Å²) in [4.78, 5) is 18.3. The zero-order valence-corrected chi connectivity index (χ0v) is 20.9. The molecule has 0 spiro atoms. The van der Waals surface area contributed by atoms with Gasteiger partial charge in [-0.25, -0.2) is 9.67 Å². The molecule has 5 heteroatoms. The molecule has 0 aliphatic rings. The summed E-state index contributed by atoms with van der Waals surface area (Å²) in [6.07, 6.45) is 2.83. The normalized spacial score (nSPS) is 12.0. The molecule has 0 aliphatic heterocycles. The second kappa shape index (κ2) is 10.2. The SMILES string of the molecule is CCc1ccc(-n2ncc(-c3cc(C(=O)NC[C@@H](C)c4ccccc4)c4ccccc4n3)c2C)cc1. The van der Waals surface area contributed by atoms with Crippen molar-refractivity contribution in [2.24, 2.45) is 0 Å². The Hall–Kier alpha value is -4.25. The van der Waals surface area contributed by atoms with Crippen LogP contribution in [0.2, 0.25) is 0 Å². The van der Waals surface area contributed by atoms with Crippen molar-refractivity contribution in [3.8, 4) is 16.9 Å². The van der Waals surface area contributed by atoms with E-state index in [-0.39, 0.29) is 11.8 Å². The molecule has 0 saturated heterocycles. The van der Waals surface area contributed by atoms with Crippen LogP contribution >= 0.6 is 0 Å². The second-order valence-electron chi connectivity index (χ2n) is 9.17. The molecule has 2 aromatic heterocycles. The van der Waals surface area contributed by atoms with E-state index in [1.54, 1.807) is 0 Å². The molecule has 0 saturated carbocycles. The molecule has 1 atom stereocenters. The Bertz CT molecular complexity index is 1500. The standard InChI is InChI=1S/C31H30N4O/c1-4-23-14-16-25(17-15-23)35-22(3)28(20-33-35)30-18-27(26-12-8-9-13-29(26)34-30)31(36)32-19-21(2)24-10-6-5-7-11-24/h5-18,20-21H,4,19H2,1-3H3,(H,32,36)/t21-/m1/s1. The molecule has 5 rings (SSSR count). The number of para-hydroxylation sites is 1. The number of hydrogen-bond acceptors (Lipinski definition) is 3. The molecule has 1 N–H and O–H groups in total. The van der Waals surface area contributed by atoms with Crippen LogP contribution in [-0.4, -0.2) is 27.2 Å². The third kappa shape index (κ3) is 4.65. The molecule has 0 aliphatic carbocycles. The highest BCUT2D eigenvalue weighted by Gasteiger charge is 2.18. The Kier molecular flexibility index (Phi) is 6.63. The molecule has 0 radical (unpaired) electrons. The Labute approximate surface area is 211 Å². The molecular formula is C31H30N4O. The highest BCUT2D eigenvalue weighted by molar-refractivity contribution is 6.07. The van der Waals surface area contributed by atoms with Gasteiger partial charge in [0.2, 0.25) is 0 Å². The van der Waals surface area contributed by atoms with E-state index < -0.39 is 0 Å². The first-order valence-corrected chi connectivity index (χ1v) is 12.4. The first-order chi connectivity index (χ1) is 17.5. The topological polar surface area (TPSA) is 59.8 Å². The van der Waals surface area contributed by atoms with Gasteiger partial charge in [0.1, 0.15) is 0 Å². The molecule has 0 unspecified atom stereocenters. The number of amides is 1. The molecule has 2 heterocycles. The van der Waals surface area contributed by atoms with Crippen LogP contribution in [0.1, 0.15) is 46.9 Å². The quantitative estimate of drug-likeness (QED) is 0.293. The zero-order valence-electron chi connectivity index (χ0n) is 20.9. The molecule has 0 bridgehead atoms. The Morgan fingerprint density at radius 3 is 2.44 bits per heavy atom. The summed E-state index contributed by atoms with van der Waals surface area (Å²) in [5.41, 5.74) is 7.53. The van der Waals surface area contributed by atoms with Gasteiger partial charge in [0.05, 0.1) is 34.4 Å². The Morgan fingerprint density at radius 2 is 1.69 bits per heavy atom. The summed E-state index contributed by atoms with van der Waals surface area (Å²) in [7, 11) is 0. The summed E-state index contributed by atoms with van der Waals surface area (Å²) in [6, 6.07) is 28.3. The van der Waals surface area contributed by atoms with Crippen molar-refractivity contribution in [2.45, 2.75) is 33.1 Å². The number of hydrogen-bond donors (Lipinski definition) is 1. The number of nitrogens with one attached hydrogen (secondary N) is 1. The molecule has 36 heavy (non-hydrogen) atoms. The molecule has 3 aromatic carbocycles. The molecule has 1 amide bonds. The lowest BCUT2D eigenvalue weighted by atomic mass is 10.0. The van der Waals surface area contributed by atoms with Crippen molar-refractivity contribution in [3.63, 3.8) is 0 Å². The van der Waals surface area contributed by atoms with E-state index in [0.717, 1.165) is 40.0 Å². The number of nitrogens with zero attached hydrogens (tertiary/aromatic N) is 3. The van der Waals surface area contributed by atoms with Gasteiger partial charge in [0.15, 0.2) is 0 Å². The number of aryl methyl sites for hydroxylation is 1. The van der Waals surface area contributed by atoms with Gasteiger partial charge in [-0.3, -0.25) is 4.79 Å². The monoisotopic (exact) mass is 474 g/mol. The number of carbonyl (C=O) groups excluding carboxylic acids is 1. The van der Waals surface area contributed by atoms with Crippen molar-refractivity contribution < 1.29 is 4.79 Å². The van der Waals surface area contributed by atoms with Crippen LogP contribution in [-0.2, 0) is 6.42 Å². The predicted octanol–water partition coefficient (Wildman–Crippen LogP) is 6.49. The van der Waals surface area contributed by atoms with Gasteiger partial charge in [-0.15, -0.1) is 0 Å². The van der Waals surface area contributed by atoms with Crippen molar-refractivity contribution in [1.29, 1.82) is 0 Å². The number of pyridine rings is 1. The maximum atomic E-state index is 13.4. The van der Waals surface area contributed by atoms with E-state index in [0.29, 0.717) is 12.1 Å². The minimum atomic E-state index is -0.0992. The fraction of sp³-hybridized carbons (Fsp3) is 0.194. The van der Waals surface area contributed by atoms with Gasteiger partial charge < -0.3 is 5.32 Å². The van der Waals surface area contributed by atoms with Gasteiger partial charge >= 0.3 is 0 Å². The van der Waals surface area contributed by atoms with Crippen molar-refractivity contribution in [3.05, 3.63) is 114 Å². The lowest BCUT2D eigenvalue weighted by molar-refractivity contribution is 0.0953. The summed E-state index contributed by atoms with van der Waals surface area (Å²) >= 11 is 0. The van der Waals surface area contributed by atoms with E-state index in [1.165, 1.54) is 11.1 Å². The average Bonchev–Trinajstić information content (AvgIpc) is 3.32. The molecule has 180 valence electrons. The van der Waals surface area contributed by atoms with Gasteiger partial charge in [-0.1, -0.05) is 74.5 Å².